The van der Waals surface area contributed by atoms with Gasteiger partial charge in [-0.15, -0.1) is 0 Å². The summed E-state index contributed by atoms with van der Waals surface area (Å²) in [7, 11) is 0. The Kier molecular flexibility index (Phi) is 7.08. The van der Waals surface area contributed by atoms with Crippen molar-refractivity contribution >= 4 is 23.2 Å². The highest BCUT2D eigenvalue weighted by Crippen LogP contribution is 2.21. The van der Waals surface area contributed by atoms with Gasteiger partial charge in [0.2, 0.25) is 0 Å². The number of hydrogen-bond donors (Lipinski definition) is 0. The normalized spacial score (nSPS) is 10.5. The molecular weight excluding hydrogens is 424 g/mol. The van der Waals surface area contributed by atoms with Crippen LogP contribution in [0.1, 0.15) is 34.8 Å². The molecule has 0 radical (unpaired) electrons. The molecule has 6 nitrogen and oxygen atoms in total. The molecule has 0 N–H and O–H groups in total. The topological polar surface area (TPSA) is 66.4 Å². The van der Waals surface area contributed by atoms with Gasteiger partial charge in [-0.25, -0.2) is 9.97 Å². The van der Waals surface area contributed by atoms with Crippen LogP contribution >= 0.6 is 0 Å². The van der Waals surface area contributed by atoms with E-state index in [0.717, 1.165) is 11.4 Å². The lowest BCUT2D eigenvalue weighted by Crippen LogP contribution is -2.31. The molecule has 2 aromatic heterocycles. The molecule has 2 amide bonds. The second kappa shape index (κ2) is 10.5. The number of amides is 2. The zero-order valence-corrected chi connectivity index (χ0v) is 19.3. The maximum absolute atomic E-state index is 13.2. The Morgan fingerprint density at radius 1 is 0.559 bits per heavy atom. The molecule has 34 heavy (non-hydrogen) atoms. The molecule has 0 aliphatic rings. The van der Waals surface area contributed by atoms with E-state index >= 15 is 0 Å². The quantitative estimate of drug-likeness (QED) is 0.374. The molecule has 0 aliphatic heterocycles. The average molecular weight is 451 g/mol. The van der Waals surface area contributed by atoms with Crippen LogP contribution in [0.15, 0.2) is 97.1 Å². The van der Waals surface area contributed by atoms with Gasteiger partial charge in [-0.3, -0.25) is 9.59 Å². The molecule has 0 aliphatic carbocycles. The molecule has 170 valence electrons. The van der Waals surface area contributed by atoms with Crippen molar-refractivity contribution in [1.29, 1.82) is 0 Å². The molecule has 0 unspecified atom stereocenters. The van der Waals surface area contributed by atoms with Crippen molar-refractivity contribution in [3.05, 3.63) is 108 Å². The monoisotopic (exact) mass is 450 g/mol. The van der Waals surface area contributed by atoms with Crippen molar-refractivity contribution < 1.29 is 9.59 Å². The molecule has 0 saturated heterocycles. The molecule has 0 bridgehead atoms. The molecular formula is C28H26N4O2. The fourth-order valence-corrected chi connectivity index (χ4v) is 3.77. The number of pyridine rings is 2. The van der Waals surface area contributed by atoms with Crippen LogP contribution in [-0.4, -0.2) is 34.9 Å². The summed E-state index contributed by atoms with van der Waals surface area (Å²) in [6, 6.07) is 29.6. The first-order valence-electron chi connectivity index (χ1n) is 11.3. The highest BCUT2D eigenvalue weighted by molar-refractivity contribution is 6.06. The SMILES string of the molecule is CCN(C(=O)c1cccc(-c2cccc(C(=O)N(CC)c3ccccc3)n2)n1)c1ccccc1. The fourth-order valence-electron chi connectivity index (χ4n) is 3.77. The Hall–Kier alpha value is -4.32. The van der Waals surface area contributed by atoms with Crippen LogP contribution in [0.5, 0.6) is 0 Å². The van der Waals surface area contributed by atoms with Gasteiger partial charge in [-0.1, -0.05) is 48.5 Å². The fraction of sp³-hybridized carbons (Fsp3) is 0.143. The maximum atomic E-state index is 13.2. The predicted molar refractivity (Wildman–Crippen MR) is 135 cm³/mol. The van der Waals surface area contributed by atoms with E-state index in [4.69, 9.17) is 0 Å². The minimum absolute atomic E-state index is 0.191. The zero-order valence-electron chi connectivity index (χ0n) is 19.3. The highest BCUT2D eigenvalue weighted by Gasteiger charge is 2.20. The zero-order chi connectivity index (χ0) is 23.9. The van der Waals surface area contributed by atoms with Crippen LogP contribution in [0, 0.1) is 0 Å². The van der Waals surface area contributed by atoms with Crippen LogP contribution in [0.4, 0.5) is 11.4 Å². The molecule has 2 heterocycles. The number of hydrogen-bond acceptors (Lipinski definition) is 4. The van der Waals surface area contributed by atoms with E-state index in [1.165, 1.54) is 0 Å². The summed E-state index contributed by atoms with van der Waals surface area (Å²) >= 11 is 0. The van der Waals surface area contributed by atoms with E-state index in [9.17, 15) is 9.59 Å². The van der Waals surface area contributed by atoms with Crippen molar-refractivity contribution in [2.75, 3.05) is 22.9 Å². The Balaban J connectivity index is 1.63. The van der Waals surface area contributed by atoms with Gasteiger partial charge < -0.3 is 9.80 Å². The first-order chi connectivity index (χ1) is 16.6. The predicted octanol–water partition coefficient (Wildman–Crippen LogP) is 5.48. The lowest BCUT2D eigenvalue weighted by atomic mass is 10.2. The van der Waals surface area contributed by atoms with Gasteiger partial charge in [-0.05, 0) is 62.4 Å². The van der Waals surface area contributed by atoms with E-state index in [1.807, 2.05) is 74.5 Å². The number of nitrogens with zero attached hydrogens (tertiary/aromatic N) is 4. The number of rotatable bonds is 7. The van der Waals surface area contributed by atoms with Gasteiger partial charge in [0.1, 0.15) is 11.4 Å². The summed E-state index contributed by atoms with van der Waals surface area (Å²) in [6.07, 6.45) is 0. The van der Waals surface area contributed by atoms with Crippen LogP contribution in [0.3, 0.4) is 0 Å². The van der Waals surface area contributed by atoms with Crippen molar-refractivity contribution in [2.45, 2.75) is 13.8 Å². The van der Waals surface area contributed by atoms with Crippen LogP contribution < -0.4 is 9.80 Å². The van der Waals surface area contributed by atoms with Crippen molar-refractivity contribution in [3.8, 4) is 11.4 Å². The van der Waals surface area contributed by atoms with E-state index < -0.39 is 0 Å². The molecule has 0 fully saturated rings. The smallest absolute Gasteiger partial charge is 0.276 e. The Morgan fingerprint density at radius 3 is 1.29 bits per heavy atom. The number of para-hydroxylation sites is 2. The standard InChI is InChI=1S/C28H26N4O2/c1-3-31(21-13-7-5-8-14-21)27(33)25-19-11-17-23(29-25)24-18-12-20-26(30-24)28(34)32(4-2)22-15-9-6-10-16-22/h5-20H,3-4H2,1-2H3. The number of benzene rings is 2. The first-order valence-corrected chi connectivity index (χ1v) is 11.3. The van der Waals surface area contributed by atoms with E-state index in [2.05, 4.69) is 9.97 Å². The lowest BCUT2D eigenvalue weighted by Gasteiger charge is -2.21. The molecule has 0 spiro atoms. The van der Waals surface area contributed by atoms with Crippen LogP contribution in [0.25, 0.3) is 11.4 Å². The Labute approximate surface area is 199 Å². The molecule has 0 atom stereocenters. The third kappa shape index (κ3) is 4.86. The van der Waals surface area contributed by atoms with E-state index in [0.29, 0.717) is 35.9 Å². The number of carbonyl (C=O) groups is 2. The molecule has 6 heteroatoms. The Bertz CT molecular complexity index is 1170. The summed E-state index contributed by atoms with van der Waals surface area (Å²) in [5.74, 6) is -0.381. The van der Waals surface area contributed by atoms with Gasteiger partial charge in [0.25, 0.3) is 11.8 Å². The van der Waals surface area contributed by atoms with Crippen molar-refractivity contribution in [3.63, 3.8) is 0 Å². The number of anilines is 2. The van der Waals surface area contributed by atoms with Crippen molar-refractivity contribution in [2.24, 2.45) is 0 Å². The molecule has 4 rings (SSSR count). The van der Waals surface area contributed by atoms with Crippen molar-refractivity contribution in [1.82, 2.24) is 9.97 Å². The Morgan fingerprint density at radius 2 is 0.941 bits per heavy atom. The highest BCUT2D eigenvalue weighted by atomic mass is 16.2. The summed E-state index contributed by atoms with van der Waals surface area (Å²) < 4.78 is 0. The summed E-state index contributed by atoms with van der Waals surface area (Å²) in [4.78, 5) is 38.9. The minimum Gasteiger partial charge on any atom is -0.307 e. The second-order valence-corrected chi connectivity index (χ2v) is 7.59. The van der Waals surface area contributed by atoms with Gasteiger partial charge in [0.05, 0.1) is 11.4 Å². The summed E-state index contributed by atoms with van der Waals surface area (Å²) in [5.41, 5.74) is 3.34. The van der Waals surface area contributed by atoms with Gasteiger partial charge >= 0.3 is 0 Å². The third-order valence-electron chi connectivity index (χ3n) is 5.46. The first kappa shape index (κ1) is 22.9. The second-order valence-electron chi connectivity index (χ2n) is 7.59. The third-order valence-corrected chi connectivity index (χ3v) is 5.46. The largest absolute Gasteiger partial charge is 0.307 e. The lowest BCUT2D eigenvalue weighted by molar-refractivity contribution is 0.0975. The average Bonchev–Trinajstić information content (AvgIpc) is 2.91. The number of aromatic nitrogens is 2. The molecule has 2 aromatic carbocycles. The van der Waals surface area contributed by atoms with E-state index in [-0.39, 0.29) is 11.8 Å². The summed E-state index contributed by atoms with van der Waals surface area (Å²) in [5, 5.41) is 0. The maximum Gasteiger partial charge on any atom is 0.276 e. The van der Waals surface area contributed by atoms with Gasteiger partial charge in [0, 0.05) is 24.5 Å². The minimum atomic E-state index is -0.191. The van der Waals surface area contributed by atoms with Gasteiger partial charge in [0.15, 0.2) is 0 Å². The van der Waals surface area contributed by atoms with Crippen LogP contribution in [-0.2, 0) is 0 Å². The summed E-state index contributed by atoms with van der Waals surface area (Å²) in [6.45, 7) is 4.89. The van der Waals surface area contributed by atoms with Gasteiger partial charge in [-0.2, -0.15) is 0 Å². The molecule has 0 saturated carbocycles. The van der Waals surface area contributed by atoms with E-state index in [1.54, 1.807) is 46.2 Å². The van der Waals surface area contributed by atoms with Crippen LogP contribution in [0.2, 0.25) is 0 Å². The number of carbonyl (C=O) groups excluding carboxylic acids is 2. The molecule has 4 aromatic rings.